The molecule has 2 rings (SSSR count). The lowest BCUT2D eigenvalue weighted by atomic mass is 10.3. The molecule has 0 saturated heterocycles. The Morgan fingerprint density at radius 1 is 1.62 bits per heavy atom. The van der Waals surface area contributed by atoms with Crippen LogP contribution in [-0.2, 0) is 4.74 Å². The number of nitrogens with two attached hydrogens (primary N) is 1. The molecule has 0 aliphatic rings. The average Bonchev–Trinajstić information content (AvgIpc) is 2.85. The third-order valence-corrected chi connectivity index (χ3v) is 2.85. The van der Waals surface area contributed by atoms with Crippen molar-refractivity contribution in [3.8, 4) is 10.8 Å². The molecule has 1 unspecified atom stereocenters. The lowest BCUT2D eigenvalue weighted by Crippen LogP contribution is -2.17. The van der Waals surface area contributed by atoms with Crippen LogP contribution in [0, 0.1) is 6.92 Å². The smallest absolute Gasteiger partial charge is 0.269 e. The van der Waals surface area contributed by atoms with Crippen LogP contribution < -0.4 is 5.73 Å². The number of thiazole rings is 1. The van der Waals surface area contributed by atoms with E-state index in [1.165, 1.54) is 11.3 Å². The van der Waals surface area contributed by atoms with Gasteiger partial charge in [-0.2, -0.15) is 4.98 Å². The zero-order chi connectivity index (χ0) is 11.5. The first kappa shape index (κ1) is 11.2. The van der Waals surface area contributed by atoms with Crippen molar-refractivity contribution in [2.24, 2.45) is 5.73 Å². The summed E-state index contributed by atoms with van der Waals surface area (Å²) in [4.78, 5) is 9.17. The van der Waals surface area contributed by atoms with Gasteiger partial charge in [-0.25, -0.2) is 4.98 Å². The number of aromatic nitrogens is 3. The second-order valence-corrected chi connectivity index (χ2v) is 4.50. The normalized spacial score (nSPS) is 12.9. The van der Waals surface area contributed by atoms with Gasteiger partial charge in [-0.15, -0.1) is 11.3 Å². The van der Waals surface area contributed by atoms with Crippen LogP contribution in [0.4, 0.5) is 0 Å². The van der Waals surface area contributed by atoms with E-state index >= 15 is 0 Å². The summed E-state index contributed by atoms with van der Waals surface area (Å²) >= 11 is 1.50. The molecular weight excluding hydrogens is 228 g/mol. The van der Waals surface area contributed by atoms with E-state index in [0.29, 0.717) is 18.3 Å². The van der Waals surface area contributed by atoms with Crippen LogP contribution in [0.2, 0.25) is 0 Å². The fourth-order valence-electron chi connectivity index (χ4n) is 1.20. The van der Waals surface area contributed by atoms with Crippen LogP contribution in [0.1, 0.15) is 16.9 Å². The predicted molar refractivity (Wildman–Crippen MR) is 58.9 cm³/mol. The Balaban J connectivity index is 2.19. The highest BCUT2D eigenvalue weighted by atomic mass is 32.1. The molecule has 6 nitrogen and oxygen atoms in total. The van der Waals surface area contributed by atoms with Crippen molar-refractivity contribution in [2.45, 2.75) is 13.0 Å². The summed E-state index contributed by atoms with van der Waals surface area (Å²) in [6, 6.07) is -0.364. The minimum absolute atomic E-state index is 0.362. The Morgan fingerprint density at radius 3 is 3.06 bits per heavy atom. The topological polar surface area (TPSA) is 87.1 Å². The van der Waals surface area contributed by atoms with Gasteiger partial charge in [0.25, 0.3) is 5.89 Å². The van der Waals surface area contributed by atoms with E-state index in [2.05, 4.69) is 15.1 Å². The van der Waals surface area contributed by atoms with E-state index in [0.717, 1.165) is 9.88 Å². The number of rotatable bonds is 4. The molecule has 1 atom stereocenters. The molecule has 0 aliphatic heterocycles. The highest BCUT2D eigenvalue weighted by Gasteiger charge is 2.16. The molecule has 2 N–H and O–H groups in total. The third-order valence-electron chi connectivity index (χ3n) is 1.95. The molecule has 2 heterocycles. The Bertz CT molecular complexity index is 468. The van der Waals surface area contributed by atoms with Gasteiger partial charge in [-0.05, 0) is 6.92 Å². The second-order valence-electron chi connectivity index (χ2n) is 3.26. The molecule has 2 aromatic heterocycles. The standard InChI is InChI=1S/C9H12N4O2S/c1-5-11-3-7(16-5)9-12-8(13-15-9)6(10)4-14-2/h3,6H,4,10H2,1-2H3. The van der Waals surface area contributed by atoms with Gasteiger partial charge in [-0.1, -0.05) is 5.16 Å². The van der Waals surface area contributed by atoms with Gasteiger partial charge in [0.2, 0.25) is 0 Å². The quantitative estimate of drug-likeness (QED) is 0.862. The highest BCUT2D eigenvalue weighted by Crippen LogP contribution is 2.24. The van der Waals surface area contributed by atoms with E-state index in [1.807, 2.05) is 6.92 Å². The third kappa shape index (κ3) is 2.26. The fourth-order valence-corrected chi connectivity index (χ4v) is 1.90. The molecule has 7 heteroatoms. The van der Waals surface area contributed by atoms with Crippen LogP contribution in [0.5, 0.6) is 0 Å². The number of nitrogens with zero attached hydrogens (tertiary/aromatic N) is 3. The van der Waals surface area contributed by atoms with Crippen molar-refractivity contribution in [1.82, 2.24) is 15.1 Å². The van der Waals surface area contributed by atoms with Crippen LogP contribution in [0.15, 0.2) is 10.7 Å². The summed E-state index contributed by atoms with van der Waals surface area (Å²) in [7, 11) is 1.58. The van der Waals surface area contributed by atoms with E-state index in [4.69, 9.17) is 15.0 Å². The van der Waals surface area contributed by atoms with Gasteiger partial charge in [0.05, 0.1) is 23.9 Å². The number of hydrogen-bond acceptors (Lipinski definition) is 7. The molecule has 16 heavy (non-hydrogen) atoms. The second kappa shape index (κ2) is 4.69. The van der Waals surface area contributed by atoms with E-state index in [9.17, 15) is 0 Å². The molecule has 86 valence electrons. The maximum atomic E-state index is 5.78. The van der Waals surface area contributed by atoms with Gasteiger partial charge < -0.3 is 15.0 Å². The summed E-state index contributed by atoms with van der Waals surface area (Å²) in [5.74, 6) is 0.898. The Hall–Kier alpha value is -1.31. The van der Waals surface area contributed by atoms with Crippen molar-refractivity contribution in [2.75, 3.05) is 13.7 Å². The number of methoxy groups -OCH3 is 1. The van der Waals surface area contributed by atoms with Gasteiger partial charge in [-0.3, -0.25) is 0 Å². The first-order valence-electron chi connectivity index (χ1n) is 4.71. The molecule has 2 aromatic rings. The Labute approximate surface area is 96.4 Å². The zero-order valence-electron chi connectivity index (χ0n) is 9.01. The summed E-state index contributed by atoms with van der Waals surface area (Å²) in [6.45, 7) is 2.28. The SMILES string of the molecule is COCC(N)c1noc(-c2cnc(C)s2)n1. The molecule has 0 aromatic carbocycles. The van der Waals surface area contributed by atoms with Crippen molar-refractivity contribution >= 4 is 11.3 Å². The minimum Gasteiger partial charge on any atom is -0.383 e. The highest BCUT2D eigenvalue weighted by molar-refractivity contribution is 7.14. The summed E-state index contributed by atoms with van der Waals surface area (Å²) < 4.78 is 10.0. The summed E-state index contributed by atoms with van der Waals surface area (Å²) in [5, 5.41) is 4.76. The summed E-state index contributed by atoms with van der Waals surface area (Å²) in [5.41, 5.74) is 5.78. The van der Waals surface area contributed by atoms with Crippen LogP contribution in [0.3, 0.4) is 0 Å². The van der Waals surface area contributed by atoms with E-state index in [-0.39, 0.29) is 6.04 Å². The maximum absolute atomic E-state index is 5.78. The van der Waals surface area contributed by atoms with E-state index in [1.54, 1.807) is 13.3 Å². The number of aryl methyl sites for hydroxylation is 1. The molecule has 0 aliphatic carbocycles. The summed E-state index contributed by atoms with van der Waals surface area (Å²) in [6.07, 6.45) is 1.71. The molecule has 0 bridgehead atoms. The lowest BCUT2D eigenvalue weighted by Gasteiger charge is -2.02. The van der Waals surface area contributed by atoms with Gasteiger partial charge in [0, 0.05) is 7.11 Å². The predicted octanol–water partition coefficient (Wildman–Crippen LogP) is 1.15. The number of ether oxygens (including phenoxy) is 1. The zero-order valence-corrected chi connectivity index (χ0v) is 9.82. The largest absolute Gasteiger partial charge is 0.383 e. The molecular formula is C9H12N4O2S. The molecule has 0 fully saturated rings. The molecule has 0 radical (unpaired) electrons. The lowest BCUT2D eigenvalue weighted by molar-refractivity contribution is 0.177. The monoisotopic (exact) mass is 240 g/mol. The Kier molecular flexibility index (Phi) is 3.28. The fraction of sp³-hybridized carbons (Fsp3) is 0.444. The average molecular weight is 240 g/mol. The molecule has 0 spiro atoms. The molecule has 0 amide bonds. The first-order valence-corrected chi connectivity index (χ1v) is 5.53. The van der Waals surface area contributed by atoms with Crippen molar-refractivity contribution in [1.29, 1.82) is 0 Å². The molecule has 0 saturated carbocycles. The Morgan fingerprint density at radius 2 is 2.44 bits per heavy atom. The number of hydrogen-bond donors (Lipinski definition) is 1. The van der Waals surface area contributed by atoms with Crippen molar-refractivity contribution < 1.29 is 9.26 Å². The van der Waals surface area contributed by atoms with E-state index < -0.39 is 0 Å². The van der Waals surface area contributed by atoms with Crippen molar-refractivity contribution in [3.05, 3.63) is 17.0 Å². The van der Waals surface area contributed by atoms with Gasteiger partial charge in [0.1, 0.15) is 4.88 Å². The van der Waals surface area contributed by atoms with Crippen LogP contribution in [0.25, 0.3) is 10.8 Å². The van der Waals surface area contributed by atoms with Gasteiger partial charge >= 0.3 is 0 Å². The minimum atomic E-state index is -0.364. The van der Waals surface area contributed by atoms with Crippen molar-refractivity contribution in [3.63, 3.8) is 0 Å². The maximum Gasteiger partial charge on any atom is 0.269 e. The van der Waals surface area contributed by atoms with Gasteiger partial charge in [0.15, 0.2) is 5.82 Å². The van der Waals surface area contributed by atoms with Crippen LogP contribution >= 0.6 is 11.3 Å². The van der Waals surface area contributed by atoms with Crippen LogP contribution in [-0.4, -0.2) is 28.8 Å². The first-order chi connectivity index (χ1) is 7.70.